The maximum atomic E-state index is 12.3. The van der Waals surface area contributed by atoms with Gasteiger partial charge >= 0.3 is 5.97 Å². The van der Waals surface area contributed by atoms with E-state index in [1.165, 1.54) is 0 Å². The Morgan fingerprint density at radius 3 is 2.32 bits per heavy atom. The molecule has 0 radical (unpaired) electrons. The Morgan fingerprint density at radius 1 is 1.07 bits per heavy atom. The van der Waals surface area contributed by atoms with E-state index in [2.05, 4.69) is 6.92 Å². The molecular weight excluding hydrogens is 358 g/mol. The van der Waals surface area contributed by atoms with Crippen LogP contribution in [0.4, 0.5) is 0 Å². The van der Waals surface area contributed by atoms with Crippen molar-refractivity contribution in [3.05, 3.63) is 59.7 Å². The third-order valence-corrected chi connectivity index (χ3v) is 4.35. The number of rotatable bonds is 7. The number of hydrogen-bond donors (Lipinski definition) is 0. The van der Waals surface area contributed by atoms with Gasteiger partial charge in [0.05, 0.1) is 31.5 Å². The SMILES string of the molecule is CCCCOc1ccc([C@H]2OC[C@H](C(=O)Oc3ccc(C#N)cc3)CO2)cc1. The van der Waals surface area contributed by atoms with Crippen molar-refractivity contribution in [2.75, 3.05) is 19.8 Å². The minimum atomic E-state index is -0.511. The van der Waals surface area contributed by atoms with Crippen LogP contribution in [0.25, 0.3) is 0 Å². The van der Waals surface area contributed by atoms with E-state index < -0.39 is 18.2 Å². The largest absolute Gasteiger partial charge is 0.494 e. The Bertz CT molecular complexity index is 802. The van der Waals surface area contributed by atoms with Crippen LogP contribution in [0, 0.1) is 17.2 Å². The van der Waals surface area contributed by atoms with Crippen molar-refractivity contribution in [2.45, 2.75) is 26.1 Å². The maximum absolute atomic E-state index is 12.3. The van der Waals surface area contributed by atoms with Crippen LogP contribution in [0.5, 0.6) is 11.5 Å². The second-order valence-electron chi connectivity index (χ2n) is 6.52. The van der Waals surface area contributed by atoms with Crippen molar-refractivity contribution >= 4 is 5.97 Å². The normalized spacial score (nSPS) is 18.9. The summed E-state index contributed by atoms with van der Waals surface area (Å²) in [6, 6.07) is 16.0. The van der Waals surface area contributed by atoms with Gasteiger partial charge in [-0.2, -0.15) is 5.26 Å². The van der Waals surface area contributed by atoms with Crippen molar-refractivity contribution in [1.29, 1.82) is 5.26 Å². The number of hydrogen-bond acceptors (Lipinski definition) is 6. The summed E-state index contributed by atoms with van der Waals surface area (Å²) in [5.74, 6) is 0.299. The monoisotopic (exact) mass is 381 g/mol. The molecule has 1 aliphatic heterocycles. The Hall–Kier alpha value is -2.88. The first kappa shape index (κ1) is 19.9. The zero-order chi connectivity index (χ0) is 19.8. The Kier molecular flexibility index (Phi) is 7.01. The Labute approximate surface area is 164 Å². The number of carbonyl (C=O) groups excluding carboxylic acids is 1. The van der Waals surface area contributed by atoms with E-state index in [-0.39, 0.29) is 13.2 Å². The van der Waals surface area contributed by atoms with Gasteiger partial charge in [-0.3, -0.25) is 4.79 Å². The average Bonchev–Trinajstić information content (AvgIpc) is 2.75. The Morgan fingerprint density at radius 2 is 1.71 bits per heavy atom. The molecule has 0 aliphatic carbocycles. The fourth-order valence-electron chi connectivity index (χ4n) is 2.68. The average molecular weight is 381 g/mol. The van der Waals surface area contributed by atoms with Crippen molar-refractivity contribution in [3.63, 3.8) is 0 Å². The summed E-state index contributed by atoms with van der Waals surface area (Å²) >= 11 is 0. The molecule has 1 fully saturated rings. The van der Waals surface area contributed by atoms with Crippen LogP contribution in [0.3, 0.4) is 0 Å². The summed E-state index contributed by atoms with van der Waals surface area (Å²) in [6.45, 7) is 3.26. The summed E-state index contributed by atoms with van der Waals surface area (Å²) < 4.78 is 22.4. The summed E-state index contributed by atoms with van der Waals surface area (Å²) in [7, 11) is 0. The number of nitrogens with zero attached hydrogens (tertiary/aromatic N) is 1. The molecule has 6 nitrogen and oxygen atoms in total. The van der Waals surface area contributed by atoms with Gasteiger partial charge in [-0.1, -0.05) is 25.5 Å². The van der Waals surface area contributed by atoms with Gasteiger partial charge < -0.3 is 18.9 Å². The van der Waals surface area contributed by atoms with Gasteiger partial charge in [-0.15, -0.1) is 0 Å². The first-order chi connectivity index (χ1) is 13.7. The number of unbranched alkanes of at least 4 members (excludes halogenated alkanes) is 1. The molecule has 0 saturated carbocycles. The van der Waals surface area contributed by atoms with Crippen molar-refractivity contribution < 1.29 is 23.7 Å². The van der Waals surface area contributed by atoms with E-state index in [0.29, 0.717) is 17.9 Å². The van der Waals surface area contributed by atoms with Crippen LogP contribution >= 0.6 is 0 Å². The molecule has 2 aromatic carbocycles. The van der Waals surface area contributed by atoms with E-state index in [1.54, 1.807) is 24.3 Å². The zero-order valence-electron chi connectivity index (χ0n) is 15.8. The highest BCUT2D eigenvalue weighted by molar-refractivity contribution is 5.75. The highest BCUT2D eigenvalue weighted by Gasteiger charge is 2.30. The van der Waals surface area contributed by atoms with Crippen LogP contribution in [0.1, 0.15) is 37.2 Å². The molecule has 1 aliphatic rings. The summed E-state index contributed by atoms with van der Waals surface area (Å²) in [5, 5.41) is 8.80. The molecule has 0 amide bonds. The molecule has 6 heteroatoms. The highest BCUT2D eigenvalue weighted by atomic mass is 16.7. The number of ether oxygens (including phenoxy) is 4. The van der Waals surface area contributed by atoms with Gasteiger partial charge in [0.2, 0.25) is 0 Å². The predicted octanol–water partition coefficient (Wildman–Crippen LogP) is 4.00. The lowest BCUT2D eigenvalue weighted by molar-refractivity contribution is -0.210. The number of carbonyl (C=O) groups is 1. The molecule has 1 heterocycles. The minimum Gasteiger partial charge on any atom is -0.494 e. The molecule has 3 rings (SSSR count). The van der Waals surface area contributed by atoms with Crippen molar-refractivity contribution in [1.82, 2.24) is 0 Å². The molecule has 2 aromatic rings. The molecule has 0 atom stereocenters. The lowest BCUT2D eigenvalue weighted by Gasteiger charge is -2.28. The fraction of sp³-hybridized carbons (Fsp3) is 0.364. The molecule has 146 valence electrons. The lowest BCUT2D eigenvalue weighted by atomic mass is 10.1. The van der Waals surface area contributed by atoms with Gasteiger partial charge in [0, 0.05) is 5.56 Å². The molecule has 28 heavy (non-hydrogen) atoms. The number of benzene rings is 2. The van der Waals surface area contributed by atoms with E-state index in [0.717, 1.165) is 24.2 Å². The minimum absolute atomic E-state index is 0.217. The second kappa shape index (κ2) is 9.88. The zero-order valence-corrected chi connectivity index (χ0v) is 15.8. The first-order valence-electron chi connectivity index (χ1n) is 9.37. The highest BCUT2D eigenvalue weighted by Crippen LogP contribution is 2.27. The van der Waals surface area contributed by atoms with Gasteiger partial charge in [-0.05, 0) is 42.8 Å². The predicted molar refractivity (Wildman–Crippen MR) is 102 cm³/mol. The quantitative estimate of drug-likeness (QED) is 0.410. The lowest BCUT2D eigenvalue weighted by Crippen LogP contribution is -2.35. The standard InChI is InChI=1S/C22H23NO5/c1-2-3-12-25-19-10-6-17(7-11-19)22-26-14-18(15-27-22)21(24)28-20-8-4-16(13-23)5-9-20/h4-11,18,22H,2-3,12,14-15H2,1H3/t18-,22-. The Balaban J connectivity index is 1.48. The third kappa shape index (κ3) is 5.32. The first-order valence-corrected chi connectivity index (χ1v) is 9.37. The van der Waals surface area contributed by atoms with E-state index in [1.807, 2.05) is 30.3 Å². The van der Waals surface area contributed by atoms with Crippen LogP contribution in [-0.4, -0.2) is 25.8 Å². The molecular formula is C22H23NO5. The van der Waals surface area contributed by atoms with Crippen LogP contribution in [0.15, 0.2) is 48.5 Å². The summed E-state index contributed by atoms with van der Waals surface area (Å²) in [4.78, 5) is 12.3. The number of esters is 1. The summed E-state index contributed by atoms with van der Waals surface area (Å²) in [6.07, 6.45) is 1.61. The topological polar surface area (TPSA) is 77.8 Å². The van der Waals surface area contributed by atoms with E-state index in [4.69, 9.17) is 24.2 Å². The molecule has 0 spiro atoms. The van der Waals surface area contributed by atoms with Crippen LogP contribution in [0.2, 0.25) is 0 Å². The van der Waals surface area contributed by atoms with Crippen LogP contribution < -0.4 is 9.47 Å². The second-order valence-corrected chi connectivity index (χ2v) is 6.52. The smallest absolute Gasteiger partial charge is 0.319 e. The van der Waals surface area contributed by atoms with Gasteiger partial charge in [0.15, 0.2) is 6.29 Å². The molecule has 1 saturated heterocycles. The van der Waals surface area contributed by atoms with E-state index >= 15 is 0 Å². The molecule has 0 aromatic heterocycles. The molecule has 0 unspecified atom stereocenters. The number of nitriles is 1. The van der Waals surface area contributed by atoms with Gasteiger partial charge in [0.25, 0.3) is 0 Å². The van der Waals surface area contributed by atoms with E-state index in [9.17, 15) is 4.79 Å². The molecule has 0 N–H and O–H groups in total. The van der Waals surface area contributed by atoms with Gasteiger partial charge in [0.1, 0.15) is 17.4 Å². The summed E-state index contributed by atoms with van der Waals surface area (Å²) in [5.41, 5.74) is 1.38. The fourth-order valence-corrected chi connectivity index (χ4v) is 2.68. The van der Waals surface area contributed by atoms with Gasteiger partial charge in [-0.25, -0.2) is 0 Å². The van der Waals surface area contributed by atoms with Crippen LogP contribution in [-0.2, 0) is 14.3 Å². The molecule has 0 bridgehead atoms. The third-order valence-electron chi connectivity index (χ3n) is 4.35. The van der Waals surface area contributed by atoms with Crippen molar-refractivity contribution in [3.8, 4) is 17.6 Å². The maximum Gasteiger partial charge on any atom is 0.319 e. The van der Waals surface area contributed by atoms with Crippen molar-refractivity contribution in [2.24, 2.45) is 5.92 Å².